The number of rotatable bonds is 7. The highest BCUT2D eigenvalue weighted by atomic mass is 16.1. The van der Waals surface area contributed by atoms with Crippen LogP contribution in [0.3, 0.4) is 0 Å². The van der Waals surface area contributed by atoms with E-state index in [9.17, 15) is 4.79 Å². The van der Waals surface area contributed by atoms with Gasteiger partial charge in [-0.05, 0) is 31.2 Å². The zero-order valence-corrected chi connectivity index (χ0v) is 12.2. The van der Waals surface area contributed by atoms with Gasteiger partial charge in [-0.25, -0.2) is 0 Å². The zero-order chi connectivity index (χ0) is 14.3. The highest BCUT2D eigenvalue weighted by Crippen LogP contribution is 2.21. The van der Waals surface area contributed by atoms with E-state index in [4.69, 9.17) is 5.73 Å². The standard InChI is InChI=1S/C16H26N2O/c1-12(2)11-15(14-7-5-4-6-8-14)18-16(19)10-9-13(3)17/h4-8,12-13,15H,9-11,17H2,1-3H3,(H,18,19). The molecule has 0 bridgehead atoms. The third-order valence-corrected chi connectivity index (χ3v) is 3.07. The summed E-state index contributed by atoms with van der Waals surface area (Å²) >= 11 is 0. The lowest BCUT2D eigenvalue weighted by Gasteiger charge is -2.21. The van der Waals surface area contributed by atoms with Crippen molar-refractivity contribution in [3.63, 3.8) is 0 Å². The normalized spacial score (nSPS) is 14.2. The molecule has 0 saturated heterocycles. The lowest BCUT2D eigenvalue weighted by Crippen LogP contribution is -2.30. The van der Waals surface area contributed by atoms with Gasteiger partial charge in [-0.2, -0.15) is 0 Å². The number of carbonyl (C=O) groups is 1. The van der Waals surface area contributed by atoms with Crippen LogP contribution in [0.1, 0.15) is 51.6 Å². The Morgan fingerprint density at radius 3 is 2.37 bits per heavy atom. The Kier molecular flexibility index (Phi) is 6.57. The Balaban J connectivity index is 2.62. The molecule has 3 nitrogen and oxygen atoms in total. The topological polar surface area (TPSA) is 55.1 Å². The SMILES string of the molecule is CC(C)CC(NC(=O)CCC(C)N)c1ccccc1. The first-order valence-electron chi connectivity index (χ1n) is 7.09. The van der Waals surface area contributed by atoms with Crippen molar-refractivity contribution in [2.75, 3.05) is 0 Å². The number of nitrogens with one attached hydrogen (secondary N) is 1. The van der Waals surface area contributed by atoms with Gasteiger partial charge in [0.2, 0.25) is 5.91 Å². The lowest BCUT2D eigenvalue weighted by molar-refractivity contribution is -0.122. The van der Waals surface area contributed by atoms with Crippen molar-refractivity contribution in [3.05, 3.63) is 35.9 Å². The van der Waals surface area contributed by atoms with Crippen LogP contribution in [0, 0.1) is 5.92 Å². The molecule has 1 aromatic rings. The van der Waals surface area contributed by atoms with Crippen molar-refractivity contribution in [1.82, 2.24) is 5.32 Å². The summed E-state index contributed by atoms with van der Waals surface area (Å²) in [6, 6.07) is 10.3. The van der Waals surface area contributed by atoms with Crippen LogP contribution in [0.4, 0.5) is 0 Å². The molecule has 1 aromatic carbocycles. The van der Waals surface area contributed by atoms with Crippen LogP contribution in [0.2, 0.25) is 0 Å². The molecule has 0 aliphatic heterocycles. The largest absolute Gasteiger partial charge is 0.349 e. The van der Waals surface area contributed by atoms with Crippen LogP contribution in [0.25, 0.3) is 0 Å². The Morgan fingerprint density at radius 1 is 1.21 bits per heavy atom. The number of benzene rings is 1. The first-order valence-corrected chi connectivity index (χ1v) is 7.09. The molecule has 0 fully saturated rings. The van der Waals surface area contributed by atoms with Gasteiger partial charge < -0.3 is 11.1 Å². The van der Waals surface area contributed by atoms with E-state index in [0.717, 1.165) is 12.8 Å². The van der Waals surface area contributed by atoms with Gasteiger partial charge >= 0.3 is 0 Å². The summed E-state index contributed by atoms with van der Waals surface area (Å²) in [6.07, 6.45) is 2.18. The number of hydrogen-bond donors (Lipinski definition) is 2. The second-order valence-electron chi connectivity index (χ2n) is 5.68. The summed E-state index contributed by atoms with van der Waals surface area (Å²) in [7, 11) is 0. The molecule has 0 aliphatic carbocycles. The minimum atomic E-state index is 0.0750. The van der Waals surface area contributed by atoms with Crippen LogP contribution < -0.4 is 11.1 Å². The molecule has 0 aliphatic rings. The second-order valence-corrected chi connectivity index (χ2v) is 5.68. The third kappa shape index (κ3) is 6.39. The number of carbonyl (C=O) groups excluding carboxylic acids is 1. The fourth-order valence-corrected chi connectivity index (χ4v) is 2.06. The summed E-state index contributed by atoms with van der Waals surface area (Å²) in [6.45, 7) is 6.27. The molecule has 0 spiro atoms. The van der Waals surface area contributed by atoms with Crippen molar-refractivity contribution in [2.45, 2.75) is 52.1 Å². The zero-order valence-electron chi connectivity index (χ0n) is 12.2. The van der Waals surface area contributed by atoms with Crippen LogP contribution >= 0.6 is 0 Å². The van der Waals surface area contributed by atoms with Crippen molar-refractivity contribution in [2.24, 2.45) is 11.7 Å². The molecular formula is C16H26N2O. The van der Waals surface area contributed by atoms with E-state index >= 15 is 0 Å². The van der Waals surface area contributed by atoms with Gasteiger partial charge in [0.25, 0.3) is 0 Å². The molecule has 2 atom stereocenters. The highest BCUT2D eigenvalue weighted by Gasteiger charge is 2.15. The second kappa shape index (κ2) is 7.95. The first kappa shape index (κ1) is 15.7. The molecule has 1 rings (SSSR count). The van der Waals surface area contributed by atoms with Crippen molar-refractivity contribution in [3.8, 4) is 0 Å². The van der Waals surface area contributed by atoms with E-state index in [-0.39, 0.29) is 18.0 Å². The van der Waals surface area contributed by atoms with Crippen LogP contribution in [-0.4, -0.2) is 11.9 Å². The van der Waals surface area contributed by atoms with E-state index in [1.54, 1.807) is 0 Å². The number of nitrogens with two attached hydrogens (primary N) is 1. The molecule has 3 N–H and O–H groups in total. The maximum Gasteiger partial charge on any atom is 0.220 e. The maximum absolute atomic E-state index is 11.9. The quantitative estimate of drug-likeness (QED) is 0.793. The van der Waals surface area contributed by atoms with E-state index in [2.05, 4.69) is 31.3 Å². The van der Waals surface area contributed by atoms with Crippen LogP contribution in [0.15, 0.2) is 30.3 Å². The van der Waals surface area contributed by atoms with E-state index in [1.165, 1.54) is 5.56 Å². The minimum Gasteiger partial charge on any atom is -0.349 e. The Hall–Kier alpha value is -1.35. The Labute approximate surface area is 116 Å². The monoisotopic (exact) mass is 262 g/mol. The molecular weight excluding hydrogens is 236 g/mol. The number of amides is 1. The Morgan fingerprint density at radius 2 is 1.84 bits per heavy atom. The predicted molar refractivity (Wildman–Crippen MR) is 79.7 cm³/mol. The van der Waals surface area contributed by atoms with Crippen molar-refractivity contribution < 1.29 is 4.79 Å². The van der Waals surface area contributed by atoms with Gasteiger partial charge in [0.15, 0.2) is 0 Å². The molecule has 1 amide bonds. The molecule has 2 unspecified atom stereocenters. The van der Waals surface area contributed by atoms with Crippen LogP contribution in [-0.2, 0) is 4.79 Å². The molecule has 0 aromatic heterocycles. The molecule has 0 saturated carbocycles. The van der Waals surface area contributed by atoms with Gasteiger partial charge in [-0.3, -0.25) is 4.79 Å². The average Bonchev–Trinajstić information content (AvgIpc) is 2.36. The fourth-order valence-electron chi connectivity index (χ4n) is 2.06. The van der Waals surface area contributed by atoms with Crippen LogP contribution in [0.5, 0.6) is 0 Å². The predicted octanol–water partition coefficient (Wildman–Crippen LogP) is 3.02. The molecule has 106 valence electrons. The third-order valence-electron chi connectivity index (χ3n) is 3.07. The molecule has 19 heavy (non-hydrogen) atoms. The van der Waals surface area contributed by atoms with Gasteiger partial charge in [-0.1, -0.05) is 44.2 Å². The first-order chi connectivity index (χ1) is 8.99. The van der Waals surface area contributed by atoms with E-state index in [0.29, 0.717) is 12.3 Å². The molecule has 3 heteroatoms. The van der Waals surface area contributed by atoms with Gasteiger partial charge in [0.1, 0.15) is 0 Å². The van der Waals surface area contributed by atoms with Gasteiger partial charge in [0.05, 0.1) is 6.04 Å². The summed E-state index contributed by atoms with van der Waals surface area (Å²) in [5.41, 5.74) is 6.85. The van der Waals surface area contributed by atoms with Gasteiger partial charge in [-0.15, -0.1) is 0 Å². The fraction of sp³-hybridized carbons (Fsp3) is 0.562. The average molecular weight is 262 g/mol. The maximum atomic E-state index is 11.9. The lowest BCUT2D eigenvalue weighted by atomic mass is 9.97. The minimum absolute atomic E-state index is 0.0750. The van der Waals surface area contributed by atoms with E-state index < -0.39 is 0 Å². The van der Waals surface area contributed by atoms with Gasteiger partial charge in [0, 0.05) is 12.5 Å². The highest BCUT2D eigenvalue weighted by molar-refractivity contribution is 5.76. The Bertz CT molecular complexity index is 374. The summed E-state index contributed by atoms with van der Waals surface area (Å²) in [4.78, 5) is 11.9. The number of hydrogen-bond acceptors (Lipinski definition) is 2. The smallest absolute Gasteiger partial charge is 0.220 e. The molecule has 0 heterocycles. The summed E-state index contributed by atoms with van der Waals surface area (Å²) in [5, 5.41) is 3.13. The summed E-state index contributed by atoms with van der Waals surface area (Å²) < 4.78 is 0. The van der Waals surface area contributed by atoms with Crippen molar-refractivity contribution in [1.29, 1.82) is 0 Å². The van der Waals surface area contributed by atoms with E-state index in [1.807, 2.05) is 25.1 Å². The summed E-state index contributed by atoms with van der Waals surface area (Å²) in [5.74, 6) is 0.630. The molecule has 0 radical (unpaired) electrons. The van der Waals surface area contributed by atoms with Crippen molar-refractivity contribution >= 4 is 5.91 Å².